The topological polar surface area (TPSA) is 0 Å². The van der Waals surface area contributed by atoms with Gasteiger partial charge in [0.25, 0.3) is 0 Å². The smallest absolute Gasteiger partial charge is 1.00 e. The number of hydrogen-bond donors (Lipinski definition) is 0. The molecule has 0 heterocycles. The molecule has 30 heavy (non-hydrogen) atoms. The first-order chi connectivity index (χ1) is 12.4. The van der Waals surface area contributed by atoms with E-state index in [0.717, 1.165) is 0 Å². The molecule has 0 saturated carbocycles. The Bertz CT molecular complexity index is 810. The van der Waals surface area contributed by atoms with Gasteiger partial charge in [-0.1, -0.05) is 117 Å². The van der Waals surface area contributed by atoms with Gasteiger partial charge in [0.15, 0.2) is 0 Å². The van der Waals surface area contributed by atoms with Crippen molar-refractivity contribution >= 4 is 18.4 Å². The Hall–Kier alpha value is -0.279. The van der Waals surface area contributed by atoms with Crippen molar-refractivity contribution in [3.05, 3.63) is 83.5 Å². The van der Waals surface area contributed by atoms with Gasteiger partial charge in [0.1, 0.15) is 8.07 Å². The number of hydrogen-bond acceptors (Lipinski definition) is 0. The van der Waals surface area contributed by atoms with Gasteiger partial charge in [0, 0.05) is 0 Å². The van der Waals surface area contributed by atoms with Crippen LogP contribution in [-0.2, 0) is 21.7 Å². The van der Waals surface area contributed by atoms with Gasteiger partial charge in [-0.2, -0.15) is 11.1 Å². The first kappa shape index (κ1) is 31.9. The molecule has 0 fully saturated rings. The standard InChI is InChI=1S/C25H31Si.3ClH.Ti/c1-7-20(3)26(23-14-10-8-11-15-23,24-16-12-9-13-17-24)25(6)18-19(2)21(4)22(25)5;;;;/h8-17,20H,7H2,1-6H3;3*1H;/q-1;;;;+4/p-3. The largest absolute Gasteiger partial charge is 4.00 e. The SMILES string of the molecule is CCC(C)[Si](c1ccccc1)(c1ccccc1)C1(C)[C-]=C(C)C(C)=C1C.[Cl-].[Cl-].[Cl-].[Ti+4]. The Morgan fingerprint density at radius 1 is 0.833 bits per heavy atom. The number of benzene rings is 2. The second kappa shape index (κ2) is 12.7. The van der Waals surface area contributed by atoms with E-state index in [-0.39, 0.29) is 64.0 Å². The van der Waals surface area contributed by atoms with E-state index in [1.54, 1.807) is 0 Å². The van der Waals surface area contributed by atoms with Crippen molar-refractivity contribution in [1.82, 2.24) is 0 Å². The van der Waals surface area contributed by atoms with Crippen LogP contribution in [0.5, 0.6) is 0 Å². The first-order valence-electron chi connectivity index (χ1n) is 9.80. The second-order valence-electron chi connectivity index (χ2n) is 7.97. The third kappa shape index (κ3) is 4.87. The zero-order chi connectivity index (χ0) is 18.9. The van der Waals surface area contributed by atoms with Crippen molar-refractivity contribution in [1.29, 1.82) is 0 Å². The van der Waals surface area contributed by atoms with Gasteiger partial charge in [0.05, 0.1) is 0 Å². The molecule has 2 aromatic carbocycles. The van der Waals surface area contributed by atoms with Gasteiger partial charge < -0.3 is 37.2 Å². The molecular weight excluding hydrogens is 483 g/mol. The van der Waals surface area contributed by atoms with Crippen LogP contribution in [0.25, 0.3) is 0 Å². The summed E-state index contributed by atoms with van der Waals surface area (Å²) in [6, 6.07) is 22.6. The maximum absolute atomic E-state index is 3.99. The zero-order valence-electron chi connectivity index (χ0n) is 18.7. The molecule has 0 N–H and O–H groups in total. The van der Waals surface area contributed by atoms with E-state index in [1.807, 2.05) is 0 Å². The molecule has 0 radical (unpaired) electrons. The Kier molecular flexibility index (Phi) is 13.5. The first-order valence-corrected chi connectivity index (χ1v) is 11.9. The molecule has 0 amide bonds. The zero-order valence-corrected chi connectivity index (χ0v) is 23.5. The van der Waals surface area contributed by atoms with E-state index in [0.29, 0.717) is 5.54 Å². The van der Waals surface area contributed by atoms with Crippen molar-refractivity contribution in [3.8, 4) is 0 Å². The molecule has 2 unspecified atom stereocenters. The maximum atomic E-state index is 3.99. The van der Waals surface area contributed by atoms with Crippen LogP contribution in [0.4, 0.5) is 0 Å². The number of rotatable bonds is 5. The molecule has 0 spiro atoms. The van der Waals surface area contributed by atoms with Gasteiger partial charge in [-0.05, 0) is 5.54 Å². The molecule has 3 rings (SSSR count). The van der Waals surface area contributed by atoms with Crippen molar-refractivity contribution in [2.45, 2.75) is 58.5 Å². The maximum Gasteiger partial charge on any atom is 4.00 e. The van der Waals surface area contributed by atoms with Crippen molar-refractivity contribution in [2.75, 3.05) is 0 Å². The minimum atomic E-state index is -2.18. The third-order valence-electron chi connectivity index (χ3n) is 6.91. The molecule has 0 aliphatic heterocycles. The van der Waals surface area contributed by atoms with Crippen LogP contribution in [0, 0.1) is 6.08 Å². The Balaban J connectivity index is 0. The molecule has 2 aromatic rings. The fourth-order valence-electron chi connectivity index (χ4n) is 5.13. The van der Waals surface area contributed by atoms with Gasteiger partial charge in [0.2, 0.25) is 0 Å². The van der Waals surface area contributed by atoms with Crippen molar-refractivity contribution in [3.63, 3.8) is 0 Å². The van der Waals surface area contributed by atoms with Crippen LogP contribution in [-0.4, -0.2) is 8.07 Å². The van der Waals surface area contributed by atoms with Crippen molar-refractivity contribution in [2.24, 2.45) is 0 Å². The predicted molar refractivity (Wildman–Crippen MR) is 117 cm³/mol. The Labute approximate surface area is 218 Å². The quantitative estimate of drug-likeness (QED) is 0.294. The van der Waals surface area contributed by atoms with E-state index in [9.17, 15) is 0 Å². The van der Waals surface area contributed by atoms with Crippen LogP contribution in [0.3, 0.4) is 0 Å². The number of allylic oxidation sites excluding steroid dienone is 4. The van der Waals surface area contributed by atoms with E-state index >= 15 is 0 Å². The average molecular weight is 514 g/mol. The average Bonchev–Trinajstić information content (AvgIpc) is 2.87. The molecule has 1 aliphatic carbocycles. The summed E-state index contributed by atoms with van der Waals surface area (Å²) in [5.41, 5.74) is 4.88. The van der Waals surface area contributed by atoms with Crippen LogP contribution in [0.2, 0.25) is 10.6 Å². The molecule has 2 atom stereocenters. The minimum absolute atomic E-state index is 0. The van der Waals surface area contributed by atoms with Gasteiger partial charge in [-0.3, -0.25) is 6.08 Å². The predicted octanol–water partition coefficient (Wildman–Crippen LogP) is -3.08. The summed E-state index contributed by atoms with van der Waals surface area (Å²) >= 11 is 0. The summed E-state index contributed by atoms with van der Waals surface area (Å²) in [4.78, 5) is 0. The summed E-state index contributed by atoms with van der Waals surface area (Å²) in [7, 11) is -2.18. The fraction of sp³-hybridized carbons (Fsp3) is 0.360. The molecule has 0 saturated heterocycles. The van der Waals surface area contributed by atoms with E-state index in [4.69, 9.17) is 0 Å². The Morgan fingerprint density at radius 2 is 1.23 bits per heavy atom. The molecule has 0 bridgehead atoms. The van der Waals surface area contributed by atoms with Gasteiger partial charge in [-0.15, -0.1) is 6.92 Å². The van der Waals surface area contributed by atoms with E-state index < -0.39 is 8.07 Å². The molecule has 160 valence electrons. The minimum Gasteiger partial charge on any atom is -1.00 e. The fourth-order valence-corrected chi connectivity index (χ4v) is 12.0. The van der Waals surface area contributed by atoms with Crippen LogP contribution in [0.15, 0.2) is 77.4 Å². The summed E-state index contributed by atoms with van der Waals surface area (Å²) in [5, 5.41) is 3.02. The summed E-state index contributed by atoms with van der Waals surface area (Å²) in [5.74, 6) is 0. The molecule has 0 aromatic heterocycles. The summed E-state index contributed by atoms with van der Waals surface area (Å²) in [6.07, 6.45) is 5.17. The summed E-state index contributed by atoms with van der Waals surface area (Å²) in [6.45, 7) is 14.1. The molecule has 0 nitrogen and oxygen atoms in total. The van der Waals surface area contributed by atoms with Gasteiger partial charge in [-0.25, -0.2) is 5.57 Å². The molecule has 5 heteroatoms. The second-order valence-corrected chi connectivity index (χ2v) is 12.7. The monoisotopic (exact) mass is 512 g/mol. The Morgan fingerprint density at radius 3 is 1.53 bits per heavy atom. The third-order valence-corrected chi connectivity index (χ3v) is 13.4. The normalized spacial score (nSPS) is 18.8. The number of halogens is 3. The van der Waals surface area contributed by atoms with Crippen LogP contribution >= 0.6 is 0 Å². The molecular formula is C25H31Cl3SiTi. The van der Waals surface area contributed by atoms with Gasteiger partial charge >= 0.3 is 21.7 Å². The van der Waals surface area contributed by atoms with E-state index in [2.05, 4.69) is 108 Å². The molecule has 1 aliphatic rings. The van der Waals surface area contributed by atoms with E-state index in [1.165, 1.54) is 33.5 Å². The van der Waals surface area contributed by atoms with Crippen molar-refractivity contribution < 1.29 is 58.9 Å². The van der Waals surface area contributed by atoms with Crippen LogP contribution < -0.4 is 47.6 Å². The summed E-state index contributed by atoms with van der Waals surface area (Å²) < 4.78 is 0. The van der Waals surface area contributed by atoms with Crippen LogP contribution in [0.1, 0.15) is 48.0 Å².